The number of carboxylic acids is 12. The van der Waals surface area contributed by atoms with Crippen LogP contribution in [0.25, 0.3) is 0 Å². The Labute approximate surface area is 944 Å². The van der Waals surface area contributed by atoms with E-state index in [-0.39, 0.29) is 369 Å². The molecule has 8 amide bonds. The molecular formula is C81H128Gd4N24O32. The summed E-state index contributed by atoms with van der Waals surface area (Å²) in [5.41, 5.74) is -1.93. The quantitative estimate of drug-likeness (QED) is 0.0280. The van der Waals surface area contributed by atoms with Crippen molar-refractivity contribution in [1.82, 2.24) is 121 Å². The van der Waals surface area contributed by atoms with Crippen LogP contribution in [-0.2, 0) is 95.9 Å². The molecule has 56 nitrogen and oxygen atoms in total. The molecule has 4 rings (SSSR count). The van der Waals surface area contributed by atoms with Crippen molar-refractivity contribution >= 4 is 119 Å². The van der Waals surface area contributed by atoms with Gasteiger partial charge in [-0.1, -0.05) is 0 Å². The fourth-order valence-electron chi connectivity index (χ4n) is 15.5. The molecule has 0 saturated carbocycles. The van der Waals surface area contributed by atoms with E-state index in [0.717, 1.165) is 0 Å². The first-order valence-electron chi connectivity index (χ1n) is 44.8. The number of nitrogens with zero attached hydrogens (tertiary/aromatic N) is 16. The number of nitrogens with one attached hydrogen (secondary N) is 8. The summed E-state index contributed by atoms with van der Waals surface area (Å²) < 4.78 is 0. The molecule has 60 heteroatoms. The topological polar surface area (TPSA) is 766 Å². The summed E-state index contributed by atoms with van der Waals surface area (Å²) >= 11 is 0. The van der Waals surface area contributed by atoms with E-state index in [1.807, 2.05) is 0 Å². The molecule has 4 aliphatic heterocycles. The van der Waals surface area contributed by atoms with Gasteiger partial charge in [0.1, 0.15) is 0 Å². The minimum Gasteiger partial charge on any atom is -0.549 e. The fourth-order valence-corrected chi connectivity index (χ4v) is 15.5. The van der Waals surface area contributed by atoms with Gasteiger partial charge in [0.25, 0.3) is 0 Å². The Bertz CT molecular complexity index is 3420. The van der Waals surface area contributed by atoms with Gasteiger partial charge in [-0.05, 0) is 27.7 Å². The normalized spacial score (nSPS) is 18.7. The Kier molecular flexibility index (Phi) is 70.1. The molecule has 0 aromatic rings. The van der Waals surface area contributed by atoms with Crippen LogP contribution in [0.5, 0.6) is 0 Å². The van der Waals surface area contributed by atoms with E-state index in [2.05, 4.69) is 42.5 Å². The smallest absolute Gasteiger partial charge is 0.549 e. The number of rotatable bonds is 48. The van der Waals surface area contributed by atoms with Gasteiger partial charge in [0.2, 0.25) is 47.3 Å². The van der Waals surface area contributed by atoms with Crippen molar-refractivity contribution in [2.75, 3.05) is 340 Å². The standard InChI is InChI=1S/C81H140N24O32.4Gd/c1-57(102-29-21-94(45-69(118)119)13-5-90(41-65(110)111)6-14-95(22-30-102)46-70(120)121)77(134)82-37-61(106)86-53-81(54-87-62(107)38-83-78(135)58(2)103-31-23-96(47-71(122)123)15-7-91(42-66(112)113)8-16-97(24-32-103)48-72(124)125,55-88-63(108)39-84-79(136)59(3)104-33-25-98(49-73(126)127)17-9-92(43-67(114)115)10-18-99(26-34-104)50-74(128)129)56-89-64(109)40-85-80(137)60(4)105-35-27-100(51-75(130)131)19-11-93(44-68(116)117)12-20-101(28-36-105)52-76(132)133;;;;/h57-60H,5-56H2,1-4H3,(H,82,134)(H,83,135)(H,84,136)(H,85,137)(H,86,106)(H,87,107)(H,88,108)(H,89,109)(H,110,111)(H,112,113)(H,114,115)(H,116,117)(H,118,119)(H,120,121)(H,122,123)(H,124,125)(H,126,127)(H,128,129)(H,130,131)(H,132,133);;;;/q;4*+3/p-12/t57-,58-,59+,60+;;;;. The third-order valence-electron chi connectivity index (χ3n) is 23.8. The largest absolute Gasteiger partial charge is 3.00 e. The Balaban J connectivity index is 0.0000490. The zero-order valence-corrected chi connectivity index (χ0v) is 88.3. The first-order valence-corrected chi connectivity index (χ1v) is 44.8. The van der Waals surface area contributed by atoms with Crippen molar-refractivity contribution in [2.24, 2.45) is 5.41 Å². The van der Waals surface area contributed by atoms with Gasteiger partial charge in [0.05, 0.1) is 122 Å². The van der Waals surface area contributed by atoms with Crippen LogP contribution in [0.2, 0.25) is 0 Å². The summed E-state index contributed by atoms with van der Waals surface area (Å²) in [6.07, 6.45) is 0. The second-order valence-corrected chi connectivity index (χ2v) is 34.1. The van der Waals surface area contributed by atoms with E-state index < -0.39 is 279 Å². The van der Waals surface area contributed by atoms with Gasteiger partial charge in [-0.3, -0.25) is 117 Å². The van der Waals surface area contributed by atoms with Crippen LogP contribution >= 0.6 is 0 Å². The number of hydrogen-bond donors (Lipinski definition) is 8. The third-order valence-corrected chi connectivity index (χ3v) is 23.8. The Morgan fingerprint density at radius 2 is 0.284 bits per heavy atom. The van der Waals surface area contributed by atoms with Crippen LogP contribution in [0.3, 0.4) is 0 Å². The molecule has 4 atom stereocenters. The average Bonchev–Trinajstić information content (AvgIpc) is 0.844. The first-order chi connectivity index (χ1) is 64.6. The Morgan fingerprint density at radius 3 is 0.383 bits per heavy atom. The molecule has 0 bridgehead atoms. The van der Waals surface area contributed by atoms with Crippen molar-refractivity contribution in [3.05, 3.63) is 0 Å². The number of carbonyl (C=O) groups excluding carboxylic acids is 20. The van der Waals surface area contributed by atoms with Gasteiger partial charge >= 0.3 is 160 Å². The molecule has 8 N–H and O–H groups in total. The fraction of sp³-hybridized carbons (Fsp3) is 0.753. The van der Waals surface area contributed by atoms with Gasteiger partial charge in [-0.25, -0.2) is 0 Å². The van der Waals surface area contributed by atoms with E-state index in [1.54, 1.807) is 19.6 Å². The minimum absolute atomic E-state index is 0. The SMILES string of the molecule is C[C@H](C(=O)NCC(=O)NCC(CNC(=O)CNC(=O)[C@@H](C)N1CCN(CC(=O)[O-])CCN(CC(=O)[O-])CCN(CC(=O)[O-])CC1)(CNC(=O)CNC(=O)[C@H](C)N1CCN(CC(=O)[O-])CCN(CC(=O)[O-])CCN(CC(=O)[O-])CC1)CNC(=O)CNC(=O)[C@H](C)N1CCN(CC(=O)[O-])CCN(CC(=O)[O-])CCN(CC(=O)[O-])CC1)N1CCN(CC(=O)[O-])CCN(CC(=O)[O-])CCN(CC(=O)[O-])CC1.[Gd+3].[Gd+3].[Gd+3].[Gd+3]. The van der Waals surface area contributed by atoms with Crippen molar-refractivity contribution in [3.63, 3.8) is 0 Å². The molecule has 0 unspecified atom stereocenters. The Hall–Kier alpha value is -5.94. The van der Waals surface area contributed by atoms with Crippen LogP contribution in [0.15, 0.2) is 0 Å². The minimum atomic E-state index is -1.93. The molecule has 0 aliphatic carbocycles. The number of carbonyl (C=O) groups is 20. The van der Waals surface area contributed by atoms with Gasteiger partial charge in [-0.15, -0.1) is 0 Å². The van der Waals surface area contributed by atoms with Crippen molar-refractivity contribution < 1.29 is 317 Å². The number of hydrogen-bond acceptors (Lipinski definition) is 48. The zero-order valence-electron chi connectivity index (χ0n) is 79.2. The van der Waals surface area contributed by atoms with Crippen molar-refractivity contribution in [1.29, 1.82) is 0 Å². The molecule has 4 heterocycles. The second kappa shape index (κ2) is 73.2. The van der Waals surface area contributed by atoms with Crippen LogP contribution in [0.1, 0.15) is 27.7 Å². The monoisotopic (exact) mass is 2580 g/mol. The maximum Gasteiger partial charge on any atom is 3.00 e. The molecule has 4 saturated heterocycles. The van der Waals surface area contributed by atoms with Gasteiger partial charge < -0.3 is 161 Å². The average molecular weight is 2580 g/mol. The molecular weight excluding hydrogens is 2450 g/mol. The summed E-state index contributed by atoms with van der Waals surface area (Å²) in [4.78, 5) is 281. The molecule has 141 heavy (non-hydrogen) atoms. The molecule has 796 valence electrons. The number of amides is 8. The maximum absolute atomic E-state index is 14.4. The third kappa shape index (κ3) is 59.6. The molecule has 0 aromatic carbocycles. The predicted octanol–water partition coefficient (Wildman–Crippen LogP) is -29.7. The van der Waals surface area contributed by atoms with Crippen LogP contribution in [0, 0.1) is 165 Å². The first kappa shape index (κ1) is 135. The zero-order chi connectivity index (χ0) is 102. The molecule has 4 fully saturated rings. The van der Waals surface area contributed by atoms with E-state index in [0.29, 0.717) is 0 Å². The summed E-state index contributed by atoms with van der Waals surface area (Å²) in [6.45, 7) is -10.0. The van der Waals surface area contributed by atoms with Gasteiger partial charge in [0, 0.05) is 320 Å². The molecule has 4 aliphatic rings. The summed E-state index contributed by atoms with van der Waals surface area (Å²) in [5, 5.41) is 163. The molecule has 0 spiro atoms. The number of aliphatic carboxylic acids is 12. The van der Waals surface area contributed by atoms with E-state index in [9.17, 15) is 157 Å². The summed E-state index contributed by atoms with van der Waals surface area (Å²) in [7, 11) is 0. The van der Waals surface area contributed by atoms with Gasteiger partial charge in [0.15, 0.2) is 0 Å². The Morgan fingerprint density at radius 1 is 0.184 bits per heavy atom. The molecule has 0 aromatic heterocycles. The maximum atomic E-state index is 14.4. The molecule has 4 radical (unpaired) electrons. The van der Waals surface area contributed by atoms with E-state index >= 15 is 0 Å². The second-order valence-electron chi connectivity index (χ2n) is 34.1. The summed E-state index contributed by atoms with van der Waals surface area (Å²) in [6, 6.07) is -4.76. The van der Waals surface area contributed by atoms with Crippen molar-refractivity contribution in [2.45, 2.75) is 51.9 Å². The van der Waals surface area contributed by atoms with E-state index in [4.69, 9.17) is 0 Å². The van der Waals surface area contributed by atoms with E-state index in [1.165, 1.54) is 86.5 Å². The van der Waals surface area contributed by atoms with Crippen LogP contribution < -0.4 is 104 Å². The van der Waals surface area contributed by atoms with Crippen LogP contribution in [-0.4, -0.2) is 562 Å². The summed E-state index contributed by atoms with van der Waals surface area (Å²) in [5.74, 6) is -25.2. The van der Waals surface area contributed by atoms with Crippen molar-refractivity contribution in [3.8, 4) is 0 Å². The predicted molar refractivity (Wildman–Crippen MR) is 448 cm³/mol. The number of carboxylic acid groups (broad SMARTS) is 12. The van der Waals surface area contributed by atoms with Crippen LogP contribution in [0.4, 0.5) is 0 Å². The van der Waals surface area contributed by atoms with Gasteiger partial charge in [-0.2, -0.15) is 0 Å².